The number of sulfonamides is 1. The monoisotopic (exact) mass is 553 g/mol. The summed E-state index contributed by atoms with van der Waals surface area (Å²) >= 11 is 1.52. The quantitative estimate of drug-likeness (QED) is 0.238. The Hall–Kier alpha value is -3.47. The SMILES string of the molecule is CCCCNS(=O)(=O)c1ccc2nc(-c3cccs3)cc(C(=O)NCCc3ccc(OC)c(OC)c3)c2c1. The van der Waals surface area contributed by atoms with Gasteiger partial charge in [0.05, 0.1) is 40.8 Å². The fourth-order valence-corrected chi connectivity index (χ4v) is 5.81. The van der Waals surface area contributed by atoms with Gasteiger partial charge in [-0.25, -0.2) is 18.1 Å². The number of unbranched alkanes of at least 4 members (excludes halogenated alkanes) is 1. The third-order valence-corrected chi connectivity index (χ3v) is 8.43. The molecule has 0 bridgehead atoms. The predicted molar refractivity (Wildman–Crippen MR) is 151 cm³/mol. The molecular weight excluding hydrogens is 522 g/mol. The molecule has 4 rings (SSSR count). The molecule has 0 aliphatic rings. The zero-order valence-electron chi connectivity index (χ0n) is 21.6. The first-order chi connectivity index (χ1) is 18.4. The van der Waals surface area contributed by atoms with E-state index in [1.807, 2.05) is 42.6 Å². The fourth-order valence-electron chi connectivity index (χ4n) is 4.03. The molecule has 0 aliphatic carbocycles. The molecule has 0 fully saturated rings. The van der Waals surface area contributed by atoms with Gasteiger partial charge in [-0.15, -0.1) is 11.3 Å². The highest BCUT2D eigenvalue weighted by molar-refractivity contribution is 7.89. The summed E-state index contributed by atoms with van der Waals surface area (Å²) in [7, 11) is -0.552. The van der Waals surface area contributed by atoms with E-state index in [4.69, 9.17) is 14.5 Å². The molecule has 0 spiro atoms. The molecule has 2 N–H and O–H groups in total. The van der Waals surface area contributed by atoms with Crippen LogP contribution in [0.15, 0.2) is 64.9 Å². The van der Waals surface area contributed by atoms with E-state index >= 15 is 0 Å². The summed E-state index contributed by atoms with van der Waals surface area (Å²) in [6, 6.07) is 15.9. The predicted octanol–water partition coefficient (Wildman–Crippen LogP) is 5.03. The van der Waals surface area contributed by atoms with Gasteiger partial charge >= 0.3 is 0 Å². The number of hydrogen-bond acceptors (Lipinski definition) is 7. The summed E-state index contributed by atoms with van der Waals surface area (Å²) in [5.74, 6) is 0.960. The second kappa shape index (κ2) is 12.4. The van der Waals surface area contributed by atoms with Crippen LogP contribution in [0.5, 0.6) is 11.5 Å². The second-order valence-electron chi connectivity index (χ2n) is 8.66. The number of rotatable bonds is 12. The largest absolute Gasteiger partial charge is 0.493 e. The number of methoxy groups -OCH3 is 2. The van der Waals surface area contributed by atoms with Gasteiger partial charge < -0.3 is 14.8 Å². The molecule has 4 aromatic rings. The van der Waals surface area contributed by atoms with Crippen molar-refractivity contribution in [2.24, 2.45) is 0 Å². The molecule has 0 aliphatic heterocycles. The van der Waals surface area contributed by atoms with Crippen molar-refractivity contribution in [1.29, 1.82) is 0 Å². The Morgan fingerprint density at radius 2 is 1.82 bits per heavy atom. The summed E-state index contributed by atoms with van der Waals surface area (Å²) in [5.41, 5.74) is 2.56. The smallest absolute Gasteiger partial charge is 0.252 e. The Labute approximate surface area is 227 Å². The lowest BCUT2D eigenvalue weighted by Gasteiger charge is -2.13. The zero-order chi connectivity index (χ0) is 27.1. The van der Waals surface area contributed by atoms with Crippen molar-refractivity contribution in [3.05, 3.63) is 71.1 Å². The zero-order valence-corrected chi connectivity index (χ0v) is 23.2. The van der Waals surface area contributed by atoms with Crippen LogP contribution in [0, 0.1) is 0 Å². The first-order valence-corrected chi connectivity index (χ1v) is 14.7. The normalized spacial score (nSPS) is 11.4. The van der Waals surface area contributed by atoms with Crippen LogP contribution in [-0.2, 0) is 16.4 Å². The summed E-state index contributed by atoms with van der Waals surface area (Å²) in [4.78, 5) is 19.2. The molecule has 2 heterocycles. The van der Waals surface area contributed by atoms with Gasteiger partial charge in [0.1, 0.15) is 0 Å². The lowest BCUT2D eigenvalue weighted by atomic mass is 10.1. The highest BCUT2D eigenvalue weighted by Crippen LogP contribution is 2.30. The van der Waals surface area contributed by atoms with Crippen LogP contribution in [0.4, 0.5) is 0 Å². The topological polar surface area (TPSA) is 107 Å². The Bertz CT molecular complexity index is 1520. The summed E-state index contributed by atoms with van der Waals surface area (Å²) < 4.78 is 39.0. The molecule has 10 heteroatoms. The van der Waals surface area contributed by atoms with Gasteiger partial charge in [0.2, 0.25) is 10.0 Å². The maximum Gasteiger partial charge on any atom is 0.252 e. The van der Waals surface area contributed by atoms with Crippen molar-refractivity contribution < 1.29 is 22.7 Å². The van der Waals surface area contributed by atoms with Crippen LogP contribution in [0.1, 0.15) is 35.7 Å². The van der Waals surface area contributed by atoms with Gasteiger partial charge in [-0.1, -0.05) is 25.5 Å². The van der Waals surface area contributed by atoms with Gasteiger partial charge in [-0.05, 0) is 66.2 Å². The lowest BCUT2D eigenvalue weighted by Crippen LogP contribution is -2.26. The number of fused-ring (bicyclic) bond motifs is 1. The van der Waals surface area contributed by atoms with Crippen molar-refractivity contribution in [2.45, 2.75) is 31.1 Å². The highest BCUT2D eigenvalue weighted by Gasteiger charge is 2.19. The van der Waals surface area contributed by atoms with Crippen LogP contribution < -0.4 is 19.5 Å². The first-order valence-electron chi connectivity index (χ1n) is 12.3. The number of amides is 1. The Morgan fingerprint density at radius 3 is 2.53 bits per heavy atom. The highest BCUT2D eigenvalue weighted by atomic mass is 32.2. The number of carbonyl (C=O) groups is 1. The molecule has 0 saturated carbocycles. The van der Waals surface area contributed by atoms with Crippen LogP contribution in [0.25, 0.3) is 21.5 Å². The van der Waals surface area contributed by atoms with Gasteiger partial charge in [-0.2, -0.15) is 0 Å². The molecule has 2 aromatic carbocycles. The van der Waals surface area contributed by atoms with Gasteiger partial charge in [-0.3, -0.25) is 4.79 Å². The van der Waals surface area contributed by atoms with Crippen molar-refractivity contribution in [3.63, 3.8) is 0 Å². The van der Waals surface area contributed by atoms with Gasteiger partial charge in [0.15, 0.2) is 11.5 Å². The molecular formula is C28H31N3O5S2. The second-order valence-corrected chi connectivity index (χ2v) is 11.4. The van der Waals surface area contributed by atoms with E-state index in [1.54, 1.807) is 26.4 Å². The minimum absolute atomic E-state index is 0.103. The standard InChI is InChI=1S/C28H31N3O5S2/c1-4-5-13-30-38(33,34)20-9-10-23-21(17-20)22(18-24(31-23)27-7-6-15-37-27)28(32)29-14-12-19-8-11-25(35-2)26(16-19)36-3/h6-11,15-18,30H,4-5,12-14H2,1-3H3,(H,29,32). The van der Waals surface area contributed by atoms with E-state index in [1.165, 1.54) is 23.5 Å². The number of ether oxygens (including phenoxy) is 2. The van der Waals surface area contributed by atoms with E-state index < -0.39 is 10.0 Å². The number of aromatic nitrogens is 1. The Morgan fingerprint density at radius 1 is 1.00 bits per heavy atom. The summed E-state index contributed by atoms with van der Waals surface area (Å²) in [5, 5.41) is 5.40. The molecule has 2 aromatic heterocycles. The summed E-state index contributed by atoms with van der Waals surface area (Å²) in [6.07, 6.45) is 2.20. The molecule has 200 valence electrons. The minimum atomic E-state index is -3.71. The molecule has 1 amide bonds. The molecule has 0 saturated heterocycles. The molecule has 8 nitrogen and oxygen atoms in total. The Kier molecular flexibility index (Phi) is 8.98. The number of thiophene rings is 1. The average Bonchev–Trinajstić information content (AvgIpc) is 3.47. The maximum absolute atomic E-state index is 13.4. The van der Waals surface area contributed by atoms with E-state index in [0.29, 0.717) is 53.2 Å². The maximum atomic E-state index is 13.4. The summed E-state index contributed by atoms with van der Waals surface area (Å²) in [6.45, 7) is 2.73. The first kappa shape index (κ1) is 27.6. The fraction of sp³-hybridized carbons (Fsp3) is 0.286. The molecule has 0 radical (unpaired) electrons. The van der Waals surface area contributed by atoms with Crippen LogP contribution in [-0.4, -0.2) is 46.6 Å². The van der Waals surface area contributed by atoms with Crippen LogP contribution in [0.3, 0.4) is 0 Å². The lowest BCUT2D eigenvalue weighted by molar-refractivity contribution is 0.0955. The average molecular weight is 554 g/mol. The molecule has 38 heavy (non-hydrogen) atoms. The van der Waals surface area contributed by atoms with E-state index in [-0.39, 0.29) is 10.8 Å². The number of benzene rings is 2. The van der Waals surface area contributed by atoms with Crippen LogP contribution >= 0.6 is 11.3 Å². The van der Waals surface area contributed by atoms with E-state index in [2.05, 4.69) is 10.0 Å². The third kappa shape index (κ3) is 6.32. The van der Waals surface area contributed by atoms with Crippen molar-refractivity contribution in [1.82, 2.24) is 15.0 Å². The minimum Gasteiger partial charge on any atom is -0.493 e. The van der Waals surface area contributed by atoms with Crippen molar-refractivity contribution in [2.75, 3.05) is 27.3 Å². The number of pyridine rings is 1. The molecule has 0 unspecified atom stereocenters. The molecule has 0 atom stereocenters. The number of hydrogen-bond donors (Lipinski definition) is 2. The third-order valence-electron chi connectivity index (χ3n) is 6.08. The van der Waals surface area contributed by atoms with Gasteiger partial charge in [0, 0.05) is 18.5 Å². The van der Waals surface area contributed by atoms with Crippen LogP contribution in [0.2, 0.25) is 0 Å². The number of carbonyl (C=O) groups excluding carboxylic acids is 1. The van der Waals surface area contributed by atoms with Crippen molar-refractivity contribution in [3.8, 4) is 22.1 Å². The van der Waals surface area contributed by atoms with E-state index in [9.17, 15) is 13.2 Å². The van der Waals surface area contributed by atoms with Crippen molar-refractivity contribution >= 4 is 38.2 Å². The number of nitrogens with one attached hydrogen (secondary N) is 2. The number of nitrogens with zero attached hydrogens (tertiary/aromatic N) is 1. The van der Waals surface area contributed by atoms with E-state index in [0.717, 1.165) is 23.3 Å². The van der Waals surface area contributed by atoms with Gasteiger partial charge in [0.25, 0.3) is 5.91 Å². The Balaban J connectivity index is 1.63.